The number of methoxy groups -OCH3 is 2. The number of rotatable bonds is 5. The van der Waals surface area contributed by atoms with Gasteiger partial charge in [-0.2, -0.15) is 0 Å². The number of nitrogens with two attached hydrogens (primary N) is 1. The van der Waals surface area contributed by atoms with Crippen molar-refractivity contribution >= 4 is 9.84 Å². The number of sulfone groups is 1. The molecular formula is C13H20NO4S+. The van der Waals surface area contributed by atoms with Gasteiger partial charge >= 0.3 is 0 Å². The fourth-order valence-electron chi connectivity index (χ4n) is 2.32. The van der Waals surface area contributed by atoms with Crippen LogP contribution in [0.3, 0.4) is 0 Å². The highest BCUT2D eigenvalue weighted by Crippen LogP contribution is 2.27. The van der Waals surface area contributed by atoms with E-state index < -0.39 is 9.84 Å². The molecule has 0 aromatic heterocycles. The van der Waals surface area contributed by atoms with E-state index in [-0.39, 0.29) is 6.04 Å². The Kier molecular flexibility index (Phi) is 4.31. The van der Waals surface area contributed by atoms with Gasteiger partial charge in [0.2, 0.25) is 0 Å². The third-order valence-electron chi connectivity index (χ3n) is 3.40. The molecule has 19 heavy (non-hydrogen) atoms. The average Bonchev–Trinajstić information content (AvgIpc) is 2.75. The molecule has 0 aliphatic carbocycles. The lowest BCUT2D eigenvalue weighted by atomic mass is 10.2. The summed E-state index contributed by atoms with van der Waals surface area (Å²) in [7, 11) is 0.411. The van der Waals surface area contributed by atoms with Crippen LogP contribution in [-0.4, -0.2) is 40.2 Å². The largest absolute Gasteiger partial charge is 0.493 e. The predicted molar refractivity (Wildman–Crippen MR) is 72.2 cm³/mol. The Bertz CT molecular complexity index is 542. The fraction of sp³-hybridized carbons (Fsp3) is 0.538. The summed E-state index contributed by atoms with van der Waals surface area (Å²) in [6, 6.07) is 5.95. The molecule has 1 aliphatic heterocycles. The quantitative estimate of drug-likeness (QED) is 0.824. The Morgan fingerprint density at radius 2 is 2.00 bits per heavy atom. The van der Waals surface area contributed by atoms with E-state index in [1.54, 1.807) is 14.2 Å². The van der Waals surface area contributed by atoms with Crippen molar-refractivity contribution in [1.82, 2.24) is 0 Å². The summed E-state index contributed by atoms with van der Waals surface area (Å²) in [6.07, 6.45) is 0.746. The first kappa shape index (κ1) is 14.1. The van der Waals surface area contributed by atoms with E-state index in [1.165, 1.54) is 0 Å². The van der Waals surface area contributed by atoms with Crippen LogP contribution in [0.15, 0.2) is 18.2 Å². The van der Waals surface area contributed by atoms with E-state index in [0.29, 0.717) is 23.0 Å². The second kappa shape index (κ2) is 5.79. The molecule has 1 aromatic carbocycles. The van der Waals surface area contributed by atoms with Crippen molar-refractivity contribution in [2.75, 3.05) is 25.7 Å². The van der Waals surface area contributed by atoms with Crippen LogP contribution in [0.1, 0.15) is 12.0 Å². The average molecular weight is 286 g/mol. The molecule has 1 saturated heterocycles. The molecule has 0 radical (unpaired) electrons. The van der Waals surface area contributed by atoms with Crippen molar-refractivity contribution in [3.63, 3.8) is 0 Å². The second-order valence-electron chi connectivity index (χ2n) is 4.79. The van der Waals surface area contributed by atoms with E-state index in [2.05, 4.69) is 5.32 Å². The van der Waals surface area contributed by atoms with Crippen LogP contribution in [0.2, 0.25) is 0 Å². The summed E-state index contributed by atoms with van der Waals surface area (Å²) >= 11 is 0. The number of ether oxygens (including phenoxy) is 2. The molecular weight excluding hydrogens is 266 g/mol. The van der Waals surface area contributed by atoms with Crippen molar-refractivity contribution in [2.24, 2.45) is 0 Å². The van der Waals surface area contributed by atoms with Crippen molar-refractivity contribution in [3.8, 4) is 11.5 Å². The monoisotopic (exact) mass is 286 g/mol. The Morgan fingerprint density at radius 3 is 2.58 bits per heavy atom. The molecule has 1 fully saturated rings. The van der Waals surface area contributed by atoms with Crippen LogP contribution in [0.5, 0.6) is 11.5 Å². The van der Waals surface area contributed by atoms with Crippen LogP contribution in [0.4, 0.5) is 0 Å². The highest BCUT2D eigenvalue weighted by Gasteiger charge is 2.30. The van der Waals surface area contributed by atoms with Gasteiger partial charge in [0.15, 0.2) is 21.3 Å². The summed E-state index contributed by atoms with van der Waals surface area (Å²) in [5, 5.41) is 2.09. The van der Waals surface area contributed by atoms with Crippen molar-refractivity contribution in [3.05, 3.63) is 23.8 Å². The third kappa shape index (κ3) is 3.61. The molecule has 5 nitrogen and oxygen atoms in total. The van der Waals surface area contributed by atoms with Gasteiger partial charge in [0, 0.05) is 12.0 Å². The van der Waals surface area contributed by atoms with E-state index in [0.717, 1.165) is 18.5 Å². The molecule has 0 amide bonds. The third-order valence-corrected chi connectivity index (χ3v) is 5.20. The van der Waals surface area contributed by atoms with Crippen molar-refractivity contribution in [2.45, 2.75) is 19.0 Å². The van der Waals surface area contributed by atoms with Crippen molar-refractivity contribution in [1.29, 1.82) is 0 Å². The lowest BCUT2D eigenvalue weighted by Gasteiger charge is -2.11. The smallest absolute Gasteiger partial charge is 0.161 e. The first-order chi connectivity index (χ1) is 9.04. The summed E-state index contributed by atoms with van der Waals surface area (Å²) in [6.45, 7) is 0.751. The molecule has 0 saturated carbocycles. The topological polar surface area (TPSA) is 69.2 Å². The zero-order chi connectivity index (χ0) is 13.9. The Morgan fingerprint density at radius 1 is 1.26 bits per heavy atom. The lowest BCUT2D eigenvalue weighted by Crippen LogP contribution is -2.89. The Labute approximate surface area is 113 Å². The zero-order valence-electron chi connectivity index (χ0n) is 11.3. The molecule has 1 aliphatic rings. The molecule has 1 atom stereocenters. The first-order valence-corrected chi connectivity index (χ1v) is 8.11. The van der Waals surface area contributed by atoms with Gasteiger partial charge in [0.05, 0.1) is 20.0 Å². The van der Waals surface area contributed by atoms with E-state index in [9.17, 15) is 8.42 Å². The lowest BCUT2D eigenvalue weighted by molar-refractivity contribution is -0.699. The molecule has 1 heterocycles. The second-order valence-corrected chi connectivity index (χ2v) is 7.02. The summed E-state index contributed by atoms with van der Waals surface area (Å²) in [4.78, 5) is 0. The molecule has 0 unspecified atom stereocenters. The first-order valence-electron chi connectivity index (χ1n) is 6.29. The Hall–Kier alpha value is -1.27. The van der Waals surface area contributed by atoms with E-state index in [1.807, 2.05) is 18.2 Å². The molecule has 6 heteroatoms. The Balaban J connectivity index is 1.97. The predicted octanol–water partition coefficient (Wildman–Crippen LogP) is -0.0457. The fourth-order valence-corrected chi connectivity index (χ4v) is 4.10. The maximum absolute atomic E-state index is 11.4. The molecule has 106 valence electrons. The van der Waals surface area contributed by atoms with Crippen LogP contribution in [0, 0.1) is 0 Å². The van der Waals surface area contributed by atoms with Gasteiger partial charge in [-0.3, -0.25) is 0 Å². The molecule has 1 aromatic rings. The molecule has 2 N–H and O–H groups in total. The SMILES string of the molecule is COc1ccc(C[NH2+][C@@H]2CCS(=O)(=O)C2)cc1OC. The molecule has 0 spiro atoms. The normalized spacial score (nSPS) is 21.3. The van der Waals surface area contributed by atoms with E-state index >= 15 is 0 Å². The standard InChI is InChI=1S/C13H19NO4S/c1-17-12-4-3-10(7-13(12)18-2)8-14-11-5-6-19(15,16)9-11/h3-4,7,11,14H,5-6,8-9H2,1-2H3/p+1/t11-/m1/s1. The van der Waals surface area contributed by atoms with Gasteiger partial charge in [-0.25, -0.2) is 8.42 Å². The van der Waals surface area contributed by atoms with Gasteiger partial charge in [-0.15, -0.1) is 0 Å². The van der Waals surface area contributed by atoms with Crippen LogP contribution >= 0.6 is 0 Å². The minimum Gasteiger partial charge on any atom is -0.493 e. The number of quaternary nitrogens is 1. The maximum Gasteiger partial charge on any atom is 0.161 e. The number of hydrogen-bond donors (Lipinski definition) is 1. The summed E-state index contributed by atoms with van der Waals surface area (Å²) < 4.78 is 33.2. The summed E-state index contributed by atoms with van der Waals surface area (Å²) in [5.41, 5.74) is 1.10. The van der Waals surface area contributed by atoms with Crippen LogP contribution in [0.25, 0.3) is 0 Å². The highest BCUT2D eigenvalue weighted by atomic mass is 32.2. The van der Waals surface area contributed by atoms with Crippen molar-refractivity contribution < 1.29 is 23.2 Å². The van der Waals surface area contributed by atoms with Crippen LogP contribution in [-0.2, 0) is 16.4 Å². The van der Waals surface area contributed by atoms with Gasteiger partial charge < -0.3 is 14.8 Å². The zero-order valence-corrected chi connectivity index (χ0v) is 12.1. The minimum atomic E-state index is -2.80. The van der Waals surface area contributed by atoms with Gasteiger partial charge in [-0.05, 0) is 18.2 Å². The molecule has 2 rings (SSSR count). The summed E-state index contributed by atoms with van der Waals surface area (Å²) in [5.74, 6) is 2.02. The maximum atomic E-state index is 11.4. The van der Waals surface area contributed by atoms with Gasteiger partial charge in [-0.1, -0.05) is 0 Å². The van der Waals surface area contributed by atoms with Crippen LogP contribution < -0.4 is 14.8 Å². The minimum absolute atomic E-state index is 0.179. The number of hydrogen-bond acceptors (Lipinski definition) is 4. The van der Waals surface area contributed by atoms with Gasteiger partial charge in [0.1, 0.15) is 18.3 Å². The molecule has 0 bridgehead atoms. The highest BCUT2D eigenvalue weighted by molar-refractivity contribution is 7.91. The number of benzene rings is 1. The van der Waals surface area contributed by atoms with Gasteiger partial charge in [0.25, 0.3) is 0 Å². The van der Waals surface area contributed by atoms with E-state index in [4.69, 9.17) is 9.47 Å².